The maximum Gasteiger partial charge on any atom is 0.178 e. The molecule has 0 heterocycles. The Hall–Kier alpha value is -2.31. The molecule has 0 aliphatic heterocycles. The maximum absolute atomic E-state index is 11.4. The third kappa shape index (κ3) is 2.06. The van der Waals surface area contributed by atoms with E-state index in [9.17, 15) is 9.90 Å². The number of terminal acetylenes is 1. The van der Waals surface area contributed by atoms with Crippen molar-refractivity contribution in [1.29, 1.82) is 0 Å². The number of benzene rings is 1. The molecule has 1 N–H and O–H groups in total. The molecule has 3 heteroatoms. The Bertz CT molecular complexity index is 573. The van der Waals surface area contributed by atoms with E-state index in [-0.39, 0.29) is 5.78 Å². The topological polar surface area (TPSA) is 46.5 Å². The first-order valence-corrected chi connectivity index (χ1v) is 5.39. The summed E-state index contributed by atoms with van der Waals surface area (Å²) in [6.45, 7) is 0. The number of methoxy groups -OCH3 is 1. The molecule has 3 nitrogen and oxygen atoms in total. The first kappa shape index (κ1) is 12.2. The number of carbonyl (C=O) groups excluding carboxylic acids is 1. The van der Waals surface area contributed by atoms with Crippen LogP contribution in [0.15, 0.2) is 42.5 Å². The number of hydrogen-bond acceptors (Lipinski definition) is 3. The number of carbonyl (C=O) groups is 1. The molecule has 0 spiro atoms. The van der Waals surface area contributed by atoms with Crippen LogP contribution in [0.1, 0.15) is 5.56 Å². The number of ketones is 1. The number of ether oxygens (including phenoxy) is 1. The van der Waals surface area contributed by atoms with Crippen molar-refractivity contribution in [3.63, 3.8) is 0 Å². The summed E-state index contributed by atoms with van der Waals surface area (Å²) >= 11 is 0. The third-order valence-corrected chi connectivity index (χ3v) is 2.81. The maximum atomic E-state index is 11.4. The van der Waals surface area contributed by atoms with Gasteiger partial charge in [0, 0.05) is 5.57 Å². The summed E-state index contributed by atoms with van der Waals surface area (Å²) in [7, 11) is 1.57. The van der Waals surface area contributed by atoms with E-state index in [1.165, 1.54) is 18.2 Å². The molecule has 90 valence electrons. The molecule has 1 atom stereocenters. The van der Waals surface area contributed by atoms with Crippen molar-refractivity contribution in [2.24, 2.45) is 0 Å². The third-order valence-electron chi connectivity index (χ3n) is 2.81. The van der Waals surface area contributed by atoms with E-state index in [1.807, 2.05) is 0 Å². The van der Waals surface area contributed by atoms with Crippen molar-refractivity contribution in [3.05, 3.63) is 48.1 Å². The second-order valence-corrected chi connectivity index (χ2v) is 3.93. The van der Waals surface area contributed by atoms with Gasteiger partial charge in [-0.1, -0.05) is 18.1 Å². The van der Waals surface area contributed by atoms with Crippen LogP contribution in [0.2, 0.25) is 0 Å². The van der Waals surface area contributed by atoms with E-state index < -0.39 is 5.60 Å². The molecule has 0 bridgehead atoms. The van der Waals surface area contributed by atoms with Gasteiger partial charge in [0.05, 0.1) is 7.11 Å². The predicted molar refractivity (Wildman–Crippen MR) is 68.9 cm³/mol. The zero-order valence-corrected chi connectivity index (χ0v) is 9.88. The molecule has 1 aromatic carbocycles. The van der Waals surface area contributed by atoms with Gasteiger partial charge >= 0.3 is 0 Å². The largest absolute Gasteiger partial charge is 0.497 e. The minimum atomic E-state index is -1.54. The van der Waals surface area contributed by atoms with Gasteiger partial charge in [0.2, 0.25) is 0 Å². The second kappa shape index (κ2) is 4.52. The quantitative estimate of drug-likeness (QED) is 0.798. The standard InChI is InChI=1S/C15H12O3/c1-3-15(17)9-8-12(16)10-14(15)11-4-6-13(18-2)7-5-11/h1,4-10,17H,2H3. The van der Waals surface area contributed by atoms with Crippen LogP contribution < -0.4 is 4.74 Å². The lowest BCUT2D eigenvalue weighted by molar-refractivity contribution is -0.110. The summed E-state index contributed by atoms with van der Waals surface area (Å²) in [5.41, 5.74) is -0.447. The fourth-order valence-electron chi connectivity index (χ4n) is 1.79. The predicted octanol–water partition coefficient (Wildman–Crippen LogP) is 1.58. The highest BCUT2D eigenvalue weighted by Gasteiger charge is 2.30. The molecule has 0 amide bonds. The number of hydrogen-bond donors (Lipinski definition) is 1. The van der Waals surface area contributed by atoms with Gasteiger partial charge in [0.15, 0.2) is 11.4 Å². The Balaban J connectivity index is 2.47. The smallest absolute Gasteiger partial charge is 0.178 e. The lowest BCUT2D eigenvalue weighted by Gasteiger charge is -2.24. The van der Waals surface area contributed by atoms with Gasteiger partial charge in [-0.05, 0) is 35.9 Å². The fraction of sp³-hybridized carbons (Fsp3) is 0.133. The van der Waals surface area contributed by atoms with E-state index in [2.05, 4.69) is 5.92 Å². The molecule has 1 aliphatic rings. The summed E-state index contributed by atoms with van der Waals surface area (Å²) in [6.07, 6.45) is 9.29. The van der Waals surface area contributed by atoms with Gasteiger partial charge in [0.25, 0.3) is 0 Å². The molecule has 0 fully saturated rings. The number of aliphatic hydroxyl groups is 1. The van der Waals surface area contributed by atoms with Crippen LogP contribution in [-0.2, 0) is 4.79 Å². The van der Waals surface area contributed by atoms with Crippen LogP contribution in [0.25, 0.3) is 5.57 Å². The molecule has 0 aromatic heterocycles. The minimum Gasteiger partial charge on any atom is -0.497 e. The molecule has 2 rings (SSSR count). The minimum absolute atomic E-state index is 0.194. The average molecular weight is 240 g/mol. The van der Waals surface area contributed by atoms with Crippen molar-refractivity contribution in [2.75, 3.05) is 7.11 Å². The highest BCUT2D eigenvalue weighted by atomic mass is 16.5. The molecule has 0 radical (unpaired) electrons. The second-order valence-electron chi connectivity index (χ2n) is 3.93. The summed E-state index contributed by atoms with van der Waals surface area (Å²) < 4.78 is 5.05. The number of rotatable bonds is 2. The van der Waals surface area contributed by atoms with Gasteiger partial charge in [0.1, 0.15) is 5.75 Å². The molecule has 1 aliphatic carbocycles. The van der Waals surface area contributed by atoms with Crippen molar-refractivity contribution in [2.45, 2.75) is 5.60 Å². The van der Waals surface area contributed by atoms with E-state index in [1.54, 1.807) is 31.4 Å². The van der Waals surface area contributed by atoms with Gasteiger partial charge in [-0.3, -0.25) is 4.79 Å². The van der Waals surface area contributed by atoms with E-state index in [0.29, 0.717) is 16.9 Å². The summed E-state index contributed by atoms with van der Waals surface area (Å²) in [5.74, 6) is 2.80. The zero-order valence-electron chi connectivity index (χ0n) is 9.88. The molecule has 1 unspecified atom stereocenters. The van der Waals surface area contributed by atoms with E-state index in [4.69, 9.17) is 11.2 Å². The molecule has 1 aromatic rings. The Kier molecular flexibility index (Phi) is 3.05. The molecular weight excluding hydrogens is 228 g/mol. The molecule has 0 saturated carbocycles. The highest BCUT2D eigenvalue weighted by Crippen LogP contribution is 2.31. The first-order valence-electron chi connectivity index (χ1n) is 5.39. The summed E-state index contributed by atoms with van der Waals surface area (Å²) in [6, 6.07) is 6.99. The zero-order chi connectivity index (χ0) is 13.2. The normalized spacial score (nSPS) is 22.3. The molecular formula is C15H12O3. The summed E-state index contributed by atoms with van der Waals surface area (Å²) in [5, 5.41) is 10.3. The van der Waals surface area contributed by atoms with Crippen molar-refractivity contribution in [3.8, 4) is 18.1 Å². The van der Waals surface area contributed by atoms with Gasteiger partial charge in [-0.15, -0.1) is 6.42 Å². The lowest BCUT2D eigenvalue weighted by atomic mass is 9.84. The fourth-order valence-corrected chi connectivity index (χ4v) is 1.79. The van der Waals surface area contributed by atoms with Crippen LogP contribution in [0.3, 0.4) is 0 Å². The van der Waals surface area contributed by atoms with Gasteiger partial charge < -0.3 is 9.84 Å². The van der Waals surface area contributed by atoms with Crippen LogP contribution in [0.5, 0.6) is 5.75 Å². The monoisotopic (exact) mass is 240 g/mol. The lowest BCUT2D eigenvalue weighted by Crippen LogP contribution is -2.28. The van der Waals surface area contributed by atoms with Gasteiger partial charge in [-0.2, -0.15) is 0 Å². The highest BCUT2D eigenvalue weighted by molar-refractivity contribution is 6.08. The Labute approximate surface area is 105 Å². The van der Waals surface area contributed by atoms with Crippen molar-refractivity contribution in [1.82, 2.24) is 0 Å². The van der Waals surface area contributed by atoms with Crippen LogP contribution in [0.4, 0.5) is 0 Å². The Morgan fingerprint density at radius 3 is 2.56 bits per heavy atom. The Morgan fingerprint density at radius 1 is 1.33 bits per heavy atom. The van der Waals surface area contributed by atoms with E-state index >= 15 is 0 Å². The molecule has 0 saturated heterocycles. The Morgan fingerprint density at radius 2 is 2.00 bits per heavy atom. The first-order chi connectivity index (χ1) is 8.59. The van der Waals surface area contributed by atoms with Crippen LogP contribution >= 0.6 is 0 Å². The number of allylic oxidation sites excluding steroid dienone is 2. The SMILES string of the molecule is C#CC1(O)C=CC(=O)C=C1c1ccc(OC)cc1. The van der Waals surface area contributed by atoms with Crippen LogP contribution in [0, 0.1) is 12.3 Å². The summed E-state index contributed by atoms with van der Waals surface area (Å²) in [4.78, 5) is 11.4. The van der Waals surface area contributed by atoms with Crippen LogP contribution in [-0.4, -0.2) is 23.6 Å². The average Bonchev–Trinajstić information content (AvgIpc) is 2.42. The van der Waals surface area contributed by atoms with E-state index in [0.717, 1.165) is 0 Å². The van der Waals surface area contributed by atoms with Crippen molar-refractivity contribution < 1.29 is 14.6 Å². The van der Waals surface area contributed by atoms with Crippen molar-refractivity contribution >= 4 is 11.4 Å². The molecule has 18 heavy (non-hydrogen) atoms. The van der Waals surface area contributed by atoms with Gasteiger partial charge in [-0.25, -0.2) is 0 Å².